The van der Waals surface area contributed by atoms with E-state index in [-0.39, 0.29) is 50.9 Å². The van der Waals surface area contributed by atoms with Crippen molar-refractivity contribution in [3.05, 3.63) is 46.8 Å². The maximum Gasteiger partial charge on any atom is 0.393 e. The standard InChI is InChI=1S/C26H26F4N2O5S3/c1-39(33,34)18-7-8-21(23(14-18)37-16-27)31-11-3-6-24-20(15-26(28,29)30)19-4-2-5-22(25(19)38-24)32-17-9-12-40(35,36)13-10-17/h2,4-5,7-8,14,17,31-32H,9-13,15-16H2,1H3. The average Bonchev–Trinajstić information content (AvgIpc) is 3.20. The molecule has 0 saturated carbocycles. The van der Waals surface area contributed by atoms with Gasteiger partial charge in [0.2, 0.25) is 6.86 Å². The molecule has 2 N–H and O–H groups in total. The normalized spacial score (nSPS) is 15.8. The summed E-state index contributed by atoms with van der Waals surface area (Å²) in [4.78, 5) is 0.177. The van der Waals surface area contributed by atoms with Gasteiger partial charge in [-0.3, -0.25) is 0 Å². The number of benzene rings is 2. The fourth-order valence-corrected chi connectivity index (χ4v) is 7.64. The van der Waals surface area contributed by atoms with Crippen LogP contribution in [0.5, 0.6) is 5.75 Å². The molecule has 216 valence electrons. The summed E-state index contributed by atoms with van der Waals surface area (Å²) in [6.45, 7) is -1.23. The van der Waals surface area contributed by atoms with Crippen molar-refractivity contribution in [2.24, 2.45) is 0 Å². The first-order chi connectivity index (χ1) is 18.8. The van der Waals surface area contributed by atoms with Gasteiger partial charge in [0, 0.05) is 18.4 Å². The van der Waals surface area contributed by atoms with E-state index in [1.165, 1.54) is 18.2 Å². The van der Waals surface area contributed by atoms with E-state index in [0.717, 1.165) is 17.6 Å². The second-order valence-electron chi connectivity index (χ2n) is 9.29. The van der Waals surface area contributed by atoms with Crippen LogP contribution < -0.4 is 15.4 Å². The van der Waals surface area contributed by atoms with Crippen LogP contribution in [0.2, 0.25) is 0 Å². The zero-order chi connectivity index (χ0) is 29.1. The van der Waals surface area contributed by atoms with E-state index in [1.54, 1.807) is 18.2 Å². The fourth-order valence-electron chi connectivity index (χ4n) is 4.34. The minimum Gasteiger partial charge on any atom is -0.461 e. The lowest BCUT2D eigenvalue weighted by Gasteiger charge is -2.24. The van der Waals surface area contributed by atoms with Gasteiger partial charge in [0.25, 0.3) is 0 Å². The number of thiophene rings is 1. The Hall–Kier alpha value is -3.02. The maximum absolute atomic E-state index is 13.5. The largest absolute Gasteiger partial charge is 0.461 e. The molecule has 1 fully saturated rings. The van der Waals surface area contributed by atoms with E-state index in [1.807, 2.05) is 0 Å². The Kier molecular flexibility index (Phi) is 8.86. The number of halogens is 4. The summed E-state index contributed by atoms with van der Waals surface area (Å²) in [6.07, 6.45) is -3.81. The van der Waals surface area contributed by atoms with Crippen LogP contribution in [-0.4, -0.2) is 60.2 Å². The third-order valence-corrected chi connectivity index (χ3v) is 10.3. The van der Waals surface area contributed by atoms with Crippen LogP contribution in [0.1, 0.15) is 23.3 Å². The molecule has 0 bridgehead atoms. The second kappa shape index (κ2) is 11.8. The van der Waals surface area contributed by atoms with Gasteiger partial charge in [-0.15, -0.1) is 11.3 Å². The van der Waals surface area contributed by atoms with Crippen LogP contribution in [0.4, 0.5) is 28.9 Å². The van der Waals surface area contributed by atoms with E-state index >= 15 is 0 Å². The first-order valence-electron chi connectivity index (χ1n) is 12.1. The van der Waals surface area contributed by atoms with Gasteiger partial charge in [0.05, 0.1) is 50.3 Å². The van der Waals surface area contributed by atoms with Gasteiger partial charge in [0.1, 0.15) is 15.6 Å². The zero-order valence-corrected chi connectivity index (χ0v) is 23.7. The maximum atomic E-state index is 13.5. The summed E-state index contributed by atoms with van der Waals surface area (Å²) < 4.78 is 106. The monoisotopic (exact) mass is 618 g/mol. The van der Waals surface area contributed by atoms with E-state index in [4.69, 9.17) is 4.74 Å². The molecule has 0 aliphatic carbocycles. The Morgan fingerprint density at radius 1 is 1.12 bits per heavy atom. The molecule has 1 aliphatic rings. The molecule has 7 nitrogen and oxygen atoms in total. The topological polar surface area (TPSA) is 102 Å². The number of rotatable bonds is 8. The van der Waals surface area contributed by atoms with Crippen LogP contribution in [0.3, 0.4) is 0 Å². The number of sulfone groups is 2. The van der Waals surface area contributed by atoms with E-state index in [0.29, 0.717) is 28.6 Å². The van der Waals surface area contributed by atoms with Crippen molar-refractivity contribution in [3.8, 4) is 17.6 Å². The van der Waals surface area contributed by atoms with Gasteiger partial charge in [-0.05, 0) is 42.0 Å². The number of fused-ring (bicyclic) bond motifs is 1. The number of ether oxygens (including phenoxy) is 1. The number of hydrogen-bond acceptors (Lipinski definition) is 8. The molecule has 0 atom stereocenters. The molecule has 40 heavy (non-hydrogen) atoms. The fraction of sp³-hybridized carbons (Fsp3) is 0.385. The van der Waals surface area contributed by atoms with Crippen molar-refractivity contribution < 1.29 is 39.1 Å². The number of anilines is 2. The molecule has 0 spiro atoms. The summed E-state index contributed by atoms with van der Waals surface area (Å²) >= 11 is 1.12. The van der Waals surface area contributed by atoms with Gasteiger partial charge in [-0.2, -0.15) is 13.2 Å². The Labute approximate surface area is 233 Å². The first kappa shape index (κ1) is 30.0. The van der Waals surface area contributed by atoms with Crippen molar-refractivity contribution in [3.63, 3.8) is 0 Å². The molecular formula is C26H26F4N2O5S3. The quantitative estimate of drug-likeness (QED) is 0.266. The Bertz CT molecular complexity index is 1660. The predicted octanol–water partition coefficient (Wildman–Crippen LogP) is 5.17. The van der Waals surface area contributed by atoms with Crippen LogP contribution in [0.25, 0.3) is 10.1 Å². The predicted molar refractivity (Wildman–Crippen MR) is 148 cm³/mol. The molecule has 2 aromatic carbocycles. The molecule has 3 aromatic rings. The van der Waals surface area contributed by atoms with Gasteiger partial charge in [-0.25, -0.2) is 21.2 Å². The van der Waals surface area contributed by atoms with Crippen molar-refractivity contribution in [2.45, 2.75) is 36.4 Å². The summed E-state index contributed by atoms with van der Waals surface area (Å²) in [5, 5.41) is 6.60. The highest BCUT2D eigenvalue weighted by Crippen LogP contribution is 2.39. The zero-order valence-electron chi connectivity index (χ0n) is 21.3. The molecular weight excluding hydrogens is 592 g/mol. The Balaban J connectivity index is 1.60. The Morgan fingerprint density at radius 3 is 2.50 bits per heavy atom. The lowest BCUT2D eigenvalue weighted by atomic mass is 10.1. The van der Waals surface area contributed by atoms with E-state index < -0.39 is 39.1 Å². The molecule has 14 heteroatoms. The molecule has 2 heterocycles. The van der Waals surface area contributed by atoms with Gasteiger partial charge < -0.3 is 15.4 Å². The van der Waals surface area contributed by atoms with E-state index in [2.05, 4.69) is 22.5 Å². The smallest absolute Gasteiger partial charge is 0.393 e. The van der Waals surface area contributed by atoms with E-state index in [9.17, 15) is 34.4 Å². The van der Waals surface area contributed by atoms with Crippen LogP contribution >= 0.6 is 11.3 Å². The highest BCUT2D eigenvalue weighted by Gasteiger charge is 2.31. The Morgan fingerprint density at radius 2 is 1.85 bits per heavy atom. The van der Waals surface area contributed by atoms with Crippen molar-refractivity contribution in [1.82, 2.24) is 0 Å². The third kappa shape index (κ3) is 7.58. The van der Waals surface area contributed by atoms with Crippen LogP contribution in [0.15, 0.2) is 41.3 Å². The van der Waals surface area contributed by atoms with Crippen molar-refractivity contribution in [2.75, 3.05) is 41.8 Å². The lowest BCUT2D eigenvalue weighted by Crippen LogP contribution is -2.32. The number of nitrogens with one attached hydrogen (secondary N) is 2. The SMILES string of the molecule is CS(=O)(=O)c1ccc(NCC#Cc2sc3c(NC4CCS(=O)(=O)CC4)cccc3c2CC(F)(F)F)c(OCF)c1. The summed E-state index contributed by atoms with van der Waals surface area (Å²) in [5.41, 5.74) is 0.946. The molecule has 1 saturated heterocycles. The van der Waals surface area contributed by atoms with Crippen LogP contribution in [-0.2, 0) is 26.1 Å². The summed E-state index contributed by atoms with van der Waals surface area (Å²) in [6, 6.07) is 8.79. The van der Waals surface area contributed by atoms with Crippen molar-refractivity contribution in [1.29, 1.82) is 0 Å². The molecule has 0 radical (unpaired) electrons. The second-order valence-corrected chi connectivity index (χ2v) is 14.6. The highest BCUT2D eigenvalue weighted by atomic mass is 32.2. The minimum absolute atomic E-state index is 0.0395. The van der Waals surface area contributed by atoms with Crippen molar-refractivity contribution >= 4 is 52.5 Å². The molecule has 1 aliphatic heterocycles. The minimum atomic E-state index is -4.47. The number of alkyl halides is 4. The molecule has 0 unspecified atom stereocenters. The highest BCUT2D eigenvalue weighted by molar-refractivity contribution is 7.91. The average molecular weight is 619 g/mol. The molecule has 1 aromatic heterocycles. The van der Waals surface area contributed by atoms with Gasteiger partial charge >= 0.3 is 6.18 Å². The lowest BCUT2D eigenvalue weighted by molar-refractivity contribution is -0.126. The first-order valence-corrected chi connectivity index (χ1v) is 16.6. The van der Waals surface area contributed by atoms with Crippen LogP contribution in [0, 0.1) is 11.8 Å². The summed E-state index contributed by atoms with van der Waals surface area (Å²) in [5.74, 6) is 5.68. The molecule has 0 amide bonds. The number of hydrogen-bond donors (Lipinski definition) is 2. The van der Waals surface area contributed by atoms with Gasteiger partial charge in [-0.1, -0.05) is 24.0 Å². The third-order valence-electron chi connectivity index (χ3n) is 6.27. The molecule has 4 rings (SSSR count). The van der Waals surface area contributed by atoms with Gasteiger partial charge in [0.15, 0.2) is 9.84 Å². The summed E-state index contributed by atoms with van der Waals surface area (Å²) in [7, 11) is -6.61.